The number of rotatable bonds is 5. The maximum Gasteiger partial charge on any atom is 0.134 e. The first kappa shape index (κ1) is 16.5. The Balaban J connectivity index is 2.04. The zero-order chi connectivity index (χ0) is 15.2. The van der Waals surface area contributed by atoms with Gasteiger partial charge in [-0.25, -0.2) is 0 Å². The Labute approximate surface area is 146 Å². The summed E-state index contributed by atoms with van der Waals surface area (Å²) < 4.78 is 12.2. The molecule has 6 heteroatoms. The normalized spacial score (nSPS) is 10.1. The third kappa shape index (κ3) is 5.44. The molecular weight excluding hydrogens is 398 g/mol. The van der Waals surface area contributed by atoms with E-state index in [2.05, 4.69) is 15.9 Å². The molecule has 0 unspecified atom stereocenters. The first-order chi connectivity index (χ1) is 10.0. The fourth-order valence-corrected chi connectivity index (χ4v) is 2.22. The fourth-order valence-electron chi connectivity index (χ4n) is 1.50. The molecule has 0 aliphatic carbocycles. The first-order valence-corrected chi connectivity index (χ1v) is 7.84. The van der Waals surface area contributed by atoms with Gasteiger partial charge in [0.05, 0.1) is 4.47 Å². The Bertz CT molecular complexity index is 638. The van der Waals surface area contributed by atoms with Gasteiger partial charge in [-0.3, -0.25) is 0 Å². The molecule has 0 aliphatic heterocycles. The number of ether oxygens (including phenoxy) is 2. The molecule has 0 amide bonds. The van der Waals surface area contributed by atoms with Gasteiger partial charge in [0, 0.05) is 5.02 Å². The van der Waals surface area contributed by atoms with Crippen LogP contribution in [0.2, 0.25) is 5.02 Å². The van der Waals surface area contributed by atoms with Crippen LogP contribution in [0.15, 0.2) is 57.5 Å². The van der Waals surface area contributed by atoms with Gasteiger partial charge in [-0.15, -0.1) is 0 Å². The summed E-state index contributed by atoms with van der Waals surface area (Å²) in [6.07, 6.45) is 1.56. The van der Waals surface area contributed by atoms with Crippen LogP contribution < -0.4 is 9.47 Å². The first-order valence-electron chi connectivity index (χ1n) is 5.91. The third-order valence-corrected chi connectivity index (χ3v) is 3.61. The maximum atomic E-state index is 5.83. The van der Waals surface area contributed by atoms with Gasteiger partial charge in [0.15, 0.2) is 0 Å². The molecule has 0 atom stereocenters. The molecule has 0 aromatic heterocycles. The molecule has 0 N–H and O–H groups in total. The lowest BCUT2D eigenvalue weighted by Crippen LogP contribution is -1.94. The van der Waals surface area contributed by atoms with Crippen molar-refractivity contribution in [2.45, 2.75) is 0 Å². The van der Waals surface area contributed by atoms with Gasteiger partial charge in [-0.05, 0) is 64.5 Å². The van der Waals surface area contributed by atoms with E-state index in [0.29, 0.717) is 28.9 Å². The summed E-state index contributed by atoms with van der Waals surface area (Å²) in [6.45, 7) is 0.290. The molecule has 0 bridgehead atoms. The molecule has 0 aliphatic rings. The zero-order valence-electron chi connectivity index (χ0n) is 10.7. The van der Waals surface area contributed by atoms with Crippen LogP contribution in [0.3, 0.4) is 0 Å². The molecule has 0 spiro atoms. The molecule has 2 nitrogen and oxygen atoms in total. The summed E-state index contributed by atoms with van der Waals surface area (Å²) >= 11 is 20.3. The molecule has 2 aromatic carbocycles. The van der Waals surface area contributed by atoms with Gasteiger partial charge in [-0.1, -0.05) is 34.8 Å². The van der Waals surface area contributed by atoms with Crippen LogP contribution in [-0.4, -0.2) is 6.61 Å². The zero-order valence-corrected chi connectivity index (χ0v) is 14.5. The highest BCUT2D eigenvalue weighted by molar-refractivity contribution is 9.10. The third-order valence-electron chi connectivity index (χ3n) is 2.43. The van der Waals surface area contributed by atoms with Crippen LogP contribution in [0.4, 0.5) is 0 Å². The predicted molar refractivity (Wildman–Crippen MR) is 91.0 cm³/mol. The van der Waals surface area contributed by atoms with E-state index in [1.165, 1.54) is 0 Å². The topological polar surface area (TPSA) is 18.5 Å². The molecule has 2 rings (SSSR count). The molecule has 110 valence electrons. The van der Waals surface area contributed by atoms with E-state index < -0.39 is 0 Å². The number of halogens is 4. The van der Waals surface area contributed by atoms with Crippen molar-refractivity contribution in [3.63, 3.8) is 0 Å². The van der Waals surface area contributed by atoms with E-state index in [-0.39, 0.29) is 4.49 Å². The van der Waals surface area contributed by atoms with Gasteiger partial charge in [-0.2, -0.15) is 0 Å². The van der Waals surface area contributed by atoms with E-state index in [4.69, 9.17) is 44.3 Å². The fraction of sp³-hybridized carbons (Fsp3) is 0.0667. The minimum Gasteiger partial charge on any atom is -0.488 e. The second-order valence-electron chi connectivity index (χ2n) is 3.95. The molecule has 0 saturated carbocycles. The van der Waals surface area contributed by atoms with Crippen molar-refractivity contribution in [1.82, 2.24) is 0 Å². The maximum absolute atomic E-state index is 5.83. The molecule has 0 fully saturated rings. The number of hydrogen-bond donors (Lipinski definition) is 0. The highest BCUT2D eigenvalue weighted by atomic mass is 79.9. The van der Waals surface area contributed by atoms with Crippen LogP contribution in [-0.2, 0) is 0 Å². The van der Waals surface area contributed by atoms with Gasteiger partial charge in [0.2, 0.25) is 0 Å². The second-order valence-corrected chi connectivity index (χ2v) is 6.25. The minimum absolute atomic E-state index is 0.175. The van der Waals surface area contributed by atoms with Gasteiger partial charge in [0.25, 0.3) is 0 Å². The number of benzene rings is 2. The standard InChI is InChI=1S/C15H10BrCl3O2/c16-13-9-12(21-11-3-1-10(17)2-4-11)5-6-14(13)20-8-7-15(18)19/h1-7,9H,8H2. The van der Waals surface area contributed by atoms with Gasteiger partial charge in [0.1, 0.15) is 28.3 Å². The van der Waals surface area contributed by atoms with E-state index in [9.17, 15) is 0 Å². The van der Waals surface area contributed by atoms with Crippen molar-refractivity contribution >= 4 is 50.7 Å². The Morgan fingerprint density at radius 3 is 2.33 bits per heavy atom. The van der Waals surface area contributed by atoms with E-state index in [0.717, 1.165) is 4.47 Å². The monoisotopic (exact) mass is 406 g/mol. The lowest BCUT2D eigenvalue weighted by molar-refractivity contribution is 0.359. The minimum atomic E-state index is 0.175. The van der Waals surface area contributed by atoms with Crippen molar-refractivity contribution in [3.8, 4) is 17.2 Å². The van der Waals surface area contributed by atoms with Crippen molar-refractivity contribution in [1.29, 1.82) is 0 Å². The SMILES string of the molecule is ClC(Cl)=CCOc1ccc(Oc2ccc(Cl)cc2)cc1Br. The summed E-state index contributed by atoms with van der Waals surface area (Å²) in [4.78, 5) is 0. The van der Waals surface area contributed by atoms with Crippen molar-refractivity contribution in [2.24, 2.45) is 0 Å². The summed E-state index contributed by atoms with van der Waals surface area (Å²) in [5.41, 5.74) is 0. The Kier molecular flexibility index (Phi) is 6.24. The van der Waals surface area contributed by atoms with Crippen LogP contribution in [0.1, 0.15) is 0 Å². The Morgan fingerprint density at radius 2 is 1.71 bits per heavy atom. The molecule has 0 radical (unpaired) electrons. The van der Waals surface area contributed by atoms with Crippen LogP contribution in [0, 0.1) is 0 Å². The molecular formula is C15H10BrCl3O2. The van der Waals surface area contributed by atoms with Crippen LogP contribution in [0.5, 0.6) is 17.2 Å². The Morgan fingerprint density at radius 1 is 1.05 bits per heavy atom. The summed E-state index contributed by atoms with van der Waals surface area (Å²) in [7, 11) is 0. The smallest absolute Gasteiger partial charge is 0.134 e. The van der Waals surface area contributed by atoms with E-state index >= 15 is 0 Å². The lowest BCUT2D eigenvalue weighted by Gasteiger charge is -2.09. The summed E-state index contributed by atoms with van der Waals surface area (Å²) in [6, 6.07) is 12.6. The second kappa shape index (κ2) is 7.95. The molecule has 0 saturated heterocycles. The number of hydrogen-bond acceptors (Lipinski definition) is 2. The highest BCUT2D eigenvalue weighted by Gasteiger charge is 2.04. The summed E-state index contributed by atoms with van der Waals surface area (Å²) in [5, 5.41) is 0.665. The molecule has 2 aromatic rings. The molecule has 21 heavy (non-hydrogen) atoms. The average Bonchev–Trinajstić information content (AvgIpc) is 2.43. The average molecular weight is 409 g/mol. The predicted octanol–water partition coefficient (Wildman–Crippen LogP) is 6.59. The van der Waals surface area contributed by atoms with Gasteiger partial charge >= 0.3 is 0 Å². The van der Waals surface area contributed by atoms with Gasteiger partial charge < -0.3 is 9.47 Å². The van der Waals surface area contributed by atoms with Crippen molar-refractivity contribution in [2.75, 3.05) is 6.61 Å². The lowest BCUT2D eigenvalue weighted by atomic mass is 10.3. The Hall–Kier alpha value is -0.870. The van der Waals surface area contributed by atoms with E-state index in [1.807, 2.05) is 6.07 Å². The van der Waals surface area contributed by atoms with Crippen molar-refractivity contribution in [3.05, 3.63) is 62.5 Å². The summed E-state index contributed by atoms with van der Waals surface area (Å²) in [5.74, 6) is 2.06. The molecule has 0 heterocycles. The van der Waals surface area contributed by atoms with Crippen LogP contribution in [0.25, 0.3) is 0 Å². The highest BCUT2D eigenvalue weighted by Crippen LogP contribution is 2.32. The largest absolute Gasteiger partial charge is 0.488 e. The van der Waals surface area contributed by atoms with E-state index in [1.54, 1.807) is 42.5 Å². The van der Waals surface area contributed by atoms with Crippen molar-refractivity contribution < 1.29 is 9.47 Å². The van der Waals surface area contributed by atoms with Crippen LogP contribution >= 0.6 is 50.7 Å². The quantitative estimate of drug-likeness (QED) is 0.555.